The largest absolute Gasteiger partial charge is 0.389 e. The molecule has 1 aliphatic carbocycles. The van der Waals surface area contributed by atoms with Gasteiger partial charge in [-0.25, -0.2) is 0 Å². The van der Waals surface area contributed by atoms with Gasteiger partial charge in [-0.15, -0.1) is 0 Å². The smallest absolute Gasteiger partial charge is 0.0716 e. The average molecular weight is 345 g/mol. The second-order valence-corrected chi connectivity index (χ2v) is 8.27. The van der Waals surface area contributed by atoms with Crippen LogP contribution in [-0.4, -0.2) is 60.3 Å². The fourth-order valence-corrected chi connectivity index (χ4v) is 4.68. The van der Waals surface area contributed by atoms with Gasteiger partial charge in [0, 0.05) is 32.1 Å². The lowest BCUT2D eigenvalue weighted by Crippen LogP contribution is -2.46. The Labute approximate surface area is 154 Å². The molecule has 1 atom stereocenters. The SMILES string of the molecule is CN1CCN(CCC(c2ccccc2)C2(O)CCCCCCC2)CC1. The number of piperazine rings is 1. The van der Waals surface area contributed by atoms with E-state index in [4.69, 9.17) is 0 Å². The summed E-state index contributed by atoms with van der Waals surface area (Å²) in [6.07, 6.45) is 9.26. The van der Waals surface area contributed by atoms with Crippen LogP contribution in [0.25, 0.3) is 0 Å². The van der Waals surface area contributed by atoms with Crippen LogP contribution in [-0.2, 0) is 0 Å². The molecule has 0 aromatic heterocycles. The second-order valence-electron chi connectivity index (χ2n) is 8.27. The maximum atomic E-state index is 11.6. The van der Waals surface area contributed by atoms with Crippen molar-refractivity contribution in [1.82, 2.24) is 9.80 Å². The first kappa shape index (κ1) is 18.9. The maximum Gasteiger partial charge on any atom is 0.0716 e. The van der Waals surface area contributed by atoms with Crippen LogP contribution in [0.15, 0.2) is 30.3 Å². The number of likely N-dealkylation sites (N-methyl/N-ethyl adjacent to an activating group) is 1. The van der Waals surface area contributed by atoms with Gasteiger partial charge in [0.25, 0.3) is 0 Å². The van der Waals surface area contributed by atoms with Crippen LogP contribution in [0, 0.1) is 0 Å². The van der Waals surface area contributed by atoms with E-state index in [-0.39, 0.29) is 5.92 Å². The molecule has 3 rings (SSSR count). The predicted molar refractivity (Wildman–Crippen MR) is 105 cm³/mol. The van der Waals surface area contributed by atoms with Crippen molar-refractivity contribution in [3.8, 4) is 0 Å². The monoisotopic (exact) mass is 344 g/mol. The van der Waals surface area contributed by atoms with Crippen LogP contribution >= 0.6 is 0 Å². The molecule has 1 aromatic carbocycles. The first-order chi connectivity index (χ1) is 12.2. The Morgan fingerprint density at radius 1 is 0.920 bits per heavy atom. The van der Waals surface area contributed by atoms with Crippen LogP contribution in [0.3, 0.4) is 0 Å². The van der Waals surface area contributed by atoms with E-state index in [2.05, 4.69) is 47.2 Å². The highest BCUT2D eigenvalue weighted by atomic mass is 16.3. The third-order valence-corrected chi connectivity index (χ3v) is 6.40. The van der Waals surface area contributed by atoms with Crippen LogP contribution in [0.5, 0.6) is 0 Å². The molecule has 1 heterocycles. The molecule has 25 heavy (non-hydrogen) atoms. The maximum absolute atomic E-state index is 11.6. The normalized spacial score (nSPS) is 24.4. The van der Waals surface area contributed by atoms with Crippen LogP contribution in [0.1, 0.15) is 62.8 Å². The highest BCUT2D eigenvalue weighted by molar-refractivity contribution is 5.23. The summed E-state index contributed by atoms with van der Waals surface area (Å²) in [5, 5.41) is 11.6. The first-order valence-corrected chi connectivity index (χ1v) is 10.4. The number of hydrogen-bond donors (Lipinski definition) is 1. The summed E-state index contributed by atoms with van der Waals surface area (Å²) in [4.78, 5) is 5.00. The molecule has 3 nitrogen and oxygen atoms in total. The van der Waals surface area contributed by atoms with Crippen LogP contribution in [0.4, 0.5) is 0 Å². The van der Waals surface area contributed by atoms with Crippen LogP contribution in [0.2, 0.25) is 0 Å². The minimum Gasteiger partial charge on any atom is -0.389 e. The van der Waals surface area contributed by atoms with E-state index >= 15 is 0 Å². The van der Waals surface area contributed by atoms with Gasteiger partial charge in [-0.1, -0.05) is 62.4 Å². The third kappa shape index (κ3) is 5.29. The van der Waals surface area contributed by atoms with E-state index < -0.39 is 5.60 Å². The van der Waals surface area contributed by atoms with Crippen molar-refractivity contribution >= 4 is 0 Å². The Balaban J connectivity index is 1.70. The topological polar surface area (TPSA) is 26.7 Å². The summed E-state index contributed by atoms with van der Waals surface area (Å²) >= 11 is 0. The predicted octanol–water partition coefficient (Wildman–Crippen LogP) is 3.88. The number of hydrogen-bond acceptors (Lipinski definition) is 3. The van der Waals surface area contributed by atoms with Gasteiger partial charge in [0.05, 0.1) is 5.60 Å². The number of rotatable bonds is 5. The van der Waals surface area contributed by atoms with Crippen molar-refractivity contribution in [2.75, 3.05) is 39.8 Å². The summed E-state index contributed by atoms with van der Waals surface area (Å²) in [6, 6.07) is 10.8. The van der Waals surface area contributed by atoms with E-state index in [1.54, 1.807) is 0 Å². The molecule has 2 fully saturated rings. The first-order valence-electron chi connectivity index (χ1n) is 10.4. The minimum atomic E-state index is -0.519. The molecule has 0 amide bonds. The van der Waals surface area contributed by atoms with Gasteiger partial charge >= 0.3 is 0 Å². The molecular formula is C22H36N2O. The fraction of sp³-hybridized carbons (Fsp3) is 0.727. The molecule has 1 saturated heterocycles. The molecule has 1 aliphatic heterocycles. The molecule has 1 N–H and O–H groups in total. The molecule has 0 bridgehead atoms. The zero-order chi connectivity index (χ0) is 17.5. The fourth-order valence-electron chi connectivity index (χ4n) is 4.68. The van der Waals surface area contributed by atoms with Crippen LogP contribution < -0.4 is 0 Å². The van der Waals surface area contributed by atoms with Crippen molar-refractivity contribution in [3.63, 3.8) is 0 Å². The molecule has 1 aromatic rings. The lowest BCUT2D eigenvalue weighted by atomic mass is 9.73. The highest BCUT2D eigenvalue weighted by Crippen LogP contribution is 2.40. The van der Waals surface area contributed by atoms with Crippen molar-refractivity contribution in [2.45, 2.75) is 62.9 Å². The lowest BCUT2D eigenvalue weighted by Gasteiger charge is -2.40. The highest BCUT2D eigenvalue weighted by Gasteiger charge is 2.37. The third-order valence-electron chi connectivity index (χ3n) is 6.40. The Kier molecular flexibility index (Phi) is 6.92. The Morgan fingerprint density at radius 3 is 2.16 bits per heavy atom. The van der Waals surface area contributed by atoms with Crippen molar-refractivity contribution in [1.29, 1.82) is 0 Å². The van der Waals surface area contributed by atoms with E-state index in [0.717, 1.165) is 38.9 Å². The van der Waals surface area contributed by atoms with Gasteiger partial charge in [0.1, 0.15) is 0 Å². The molecule has 0 spiro atoms. The Morgan fingerprint density at radius 2 is 1.52 bits per heavy atom. The van der Waals surface area contributed by atoms with Gasteiger partial charge < -0.3 is 14.9 Å². The summed E-state index contributed by atoms with van der Waals surface area (Å²) < 4.78 is 0. The quantitative estimate of drug-likeness (QED) is 0.878. The van der Waals surface area contributed by atoms with E-state index in [0.29, 0.717) is 0 Å². The van der Waals surface area contributed by atoms with E-state index in [1.807, 2.05) is 0 Å². The molecule has 3 heteroatoms. The van der Waals surface area contributed by atoms with Gasteiger partial charge in [0.2, 0.25) is 0 Å². The van der Waals surface area contributed by atoms with Crippen molar-refractivity contribution in [3.05, 3.63) is 35.9 Å². The minimum absolute atomic E-state index is 0.270. The molecule has 2 aliphatic rings. The van der Waals surface area contributed by atoms with Gasteiger partial charge in [-0.05, 0) is 38.4 Å². The zero-order valence-electron chi connectivity index (χ0n) is 16.0. The molecule has 1 saturated carbocycles. The van der Waals surface area contributed by atoms with Gasteiger partial charge in [-0.2, -0.15) is 0 Å². The van der Waals surface area contributed by atoms with Crippen molar-refractivity contribution < 1.29 is 5.11 Å². The molecule has 0 radical (unpaired) electrons. The van der Waals surface area contributed by atoms with E-state index in [1.165, 1.54) is 50.8 Å². The summed E-state index contributed by atoms with van der Waals surface area (Å²) in [5.74, 6) is 0.270. The number of nitrogens with zero attached hydrogens (tertiary/aromatic N) is 2. The molecule has 1 unspecified atom stereocenters. The zero-order valence-corrected chi connectivity index (χ0v) is 16.0. The standard InChI is InChI=1S/C22H36N2O/c1-23-16-18-24(19-17-23)15-12-21(20-10-6-5-7-11-20)22(25)13-8-3-2-4-9-14-22/h5-7,10-11,21,25H,2-4,8-9,12-19H2,1H3. The number of aliphatic hydroxyl groups is 1. The van der Waals surface area contributed by atoms with E-state index in [9.17, 15) is 5.11 Å². The summed E-state index contributed by atoms with van der Waals surface area (Å²) in [7, 11) is 2.21. The lowest BCUT2D eigenvalue weighted by molar-refractivity contribution is -0.0182. The summed E-state index contributed by atoms with van der Waals surface area (Å²) in [6.45, 7) is 5.77. The van der Waals surface area contributed by atoms with Gasteiger partial charge in [0.15, 0.2) is 0 Å². The molecule has 140 valence electrons. The average Bonchev–Trinajstić information content (AvgIpc) is 2.61. The van der Waals surface area contributed by atoms with Crippen molar-refractivity contribution in [2.24, 2.45) is 0 Å². The van der Waals surface area contributed by atoms with Gasteiger partial charge in [-0.3, -0.25) is 0 Å². The molecular weight excluding hydrogens is 308 g/mol. The Bertz CT molecular complexity index is 488. The Hall–Kier alpha value is -0.900. The number of benzene rings is 1. The summed E-state index contributed by atoms with van der Waals surface area (Å²) in [5.41, 5.74) is 0.814. The second kappa shape index (κ2) is 9.16.